The monoisotopic (exact) mass is 277 g/mol. The molecule has 0 fully saturated rings. The third kappa shape index (κ3) is 4.75. The van der Waals surface area contributed by atoms with Gasteiger partial charge in [0, 0.05) is 25.7 Å². The molecule has 0 aliphatic heterocycles. The molecule has 1 aromatic heterocycles. The molecule has 100 valence electrons. The molecule has 0 aliphatic rings. The van der Waals surface area contributed by atoms with E-state index < -0.39 is 0 Å². The van der Waals surface area contributed by atoms with Gasteiger partial charge in [-0.2, -0.15) is 5.10 Å². The third-order valence-electron chi connectivity index (χ3n) is 2.75. The van der Waals surface area contributed by atoms with Gasteiger partial charge in [-0.25, -0.2) is 0 Å². The summed E-state index contributed by atoms with van der Waals surface area (Å²) in [7, 11) is 0. The summed E-state index contributed by atoms with van der Waals surface area (Å²) in [4.78, 5) is 11.6. The van der Waals surface area contributed by atoms with Gasteiger partial charge >= 0.3 is 0 Å². The summed E-state index contributed by atoms with van der Waals surface area (Å²) in [5.41, 5.74) is 1.22. The van der Waals surface area contributed by atoms with Crippen molar-refractivity contribution >= 4 is 17.5 Å². The zero-order chi connectivity index (χ0) is 13.5. The zero-order valence-electron chi connectivity index (χ0n) is 10.6. The molecule has 0 saturated carbocycles. The fourth-order valence-corrected chi connectivity index (χ4v) is 1.91. The molecule has 2 aromatic rings. The van der Waals surface area contributed by atoms with Crippen LogP contribution in [0.25, 0.3) is 0 Å². The number of carbonyl (C=O) groups excluding carboxylic acids is 1. The van der Waals surface area contributed by atoms with Crippen LogP contribution in [0.5, 0.6) is 0 Å². The van der Waals surface area contributed by atoms with E-state index >= 15 is 0 Å². The molecular formula is C14H16ClN3O. The van der Waals surface area contributed by atoms with E-state index in [2.05, 4.69) is 22.5 Å². The first-order chi connectivity index (χ1) is 9.24. The van der Waals surface area contributed by atoms with Crippen molar-refractivity contribution in [2.24, 2.45) is 0 Å². The Kier molecular flexibility index (Phi) is 4.98. The smallest absolute Gasteiger partial charge is 0.221 e. The standard InChI is InChI=1S/C14H16ClN3O/c15-13-10-17-18(11-13)9-7-14(19)16-8-6-12-4-2-1-3-5-12/h1-5,10-11H,6-9H2,(H,16,19). The van der Waals surface area contributed by atoms with Crippen LogP contribution in [0.2, 0.25) is 5.02 Å². The SMILES string of the molecule is O=C(CCn1cc(Cl)cn1)NCCc1ccccc1. The summed E-state index contributed by atoms with van der Waals surface area (Å²) in [5, 5.41) is 7.50. The Bertz CT molecular complexity index is 524. The summed E-state index contributed by atoms with van der Waals surface area (Å²) < 4.78 is 1.67. The number of nitrogens with one attached hydrogen (secondary N) is 1. The molecule has 19 heavy (non-hydrogen) atoms. The molecule has 1 heterocycles. The highest BCUT2D eigenvalue weighted by molar-refractivity contribution is 6.30. The maximum Gasteiger partial charge on any atom is 0.221 e. The third-order valence-corrected chi connectivity index (χ3v) is 2.94. The van der Waals surface area contributed by atoms with E-state index in [9.17, 15) is 4.79 Å². The minimum absolute atomic E-state index is 0.0301. The average Bonchev–Trinajstić information content (AvgIpc) is 2.83. The van der Waals surface area contributed by atoms with Gasteiger partial charge in [-0.3, -0.25) is 9.48 Å². The van der Waals surface area contributed by atoms with Crippen LogP contribution in [0, 0.1) is 0 Å². The number of aromatic nitrogens is 2. The molecular weight excluding hydrogens is 262 g/mol. The number of rotatable bonds is 6. The Morgan fingerprint density at radius 1 is 1.32 bits per heavy atom. The van der Waals surface area contributed by atoms with E-state index in [-0.39, 0.29) is 5.91 Å². The van der Waals surface area contributed by atoms with Gasteiger partial charge in [0.2, 0.25) is 5.91 Å². The number of amides is 1. The zero-order valence-corrected chi connectivity index (χ0v) is 11.3. The van der Waals surface area contributed by atoms with Crippen molar-refractivity contribution < 1.29 is 4.79 Å². The van der Waals surface area contributed by atoms with E-state index in [1.807, 2.05) is 18.2 Å². The van der Waals surface area contributed by atoms with Gasteiger partial charge in [0.05, 0.1) is 11.2 Å². The number of hydrogen-bond donors (Lipinski definition) is 1. The summed E-state index contributed by atoms with van der Waals surface area (Å²) in [6, 6.07) is 10.1. The molecule has 1 N–H and O–H groups in total. The minimum Gasteiger partial charge on any atom is -0.356 e. The molecule has 1 aromatic carbocycles. The molecule has 1 amide bonds. The van der Waals surface area contributed by atoms with Crippen LogP contribution < -0.4 is 5.32 Å². The van der Waals surface area contributed by atoms with Gasteiger partial charge in [-0.05, 0) is 12.0 Å². The summed E-state index contributed by atoms with van der Waals surface area (Å²) in [5.74, 6) is 0.0301. The number of carbonyl (C=O) groups is 1. The van der Waals surface area contributed by atoms with Gasteiger partial charge in [-0.15, -0.1) is 0 Å². The van der Waals surface area contributed by atoms with Gasteiger partial charge in [0.25, 0.3) is 0 Å². The quantitative estimate of drug-likeness (QED) is 0.881. The van der Waals surface area contributed by atoms with Crippen LogP contribution in [-0.4, -0.2) is 22.2 Å². The van der Waals surface area contributed by atoms with Crippen LogP contribution >= 0.6 is 11.6 Å². The highest BCUT2D eigenvalue weighted by atomic mass is 35.5. The lowest BCUT2D eigenvalue weighted by molar-refractivity contribution is -0.121. The lowest BCUT2D eigenvalue weighted by atomic mass is 10.1. The van der Waals surface area contributed by atoms with Crippen molar-refractivity contribution in [3.05, 3.63) is 53.3 Å². The largest absolute Gasteiger partial charge is 0.356 e. The van der Waals surface area contributed by atoms with Crippen LogP contribution in [0.3, 0.4) is 0 Å². The van der Waals surface area contributed by atoms with Crippen molar-refractivity contribution in [1.29, 1.82) is 0 Å². The Morgan fingerprint density at radius 2 is 2.11 bits per heavy atom. The Balaban J connectivity index is 1.65. The average molecular weight is 278 g/mol. The van der Waals surface area contributed by atoms with Crippen molar-refractivity contribution in [2.75, 3.05) is 6.54 Å². The van der Waals surface area contributed by atoms with Crippen molar-refractivity contribution in [1.82, 2.24) is 15.1 Å². The number of nitrogens with zero attached hydrogens (tertiary/aromatic N) is 2. The molecule has 0 unspecified atom stereocenters. The van der Waals surface area contributed by atoms with E-state index in [0.717, 1.165) is 6.42 Å². The highest BCUT2D eigenvalue weighted by Crippen LogP contribution is 2.04. The number of hydrogen-bond acceptors (Lipinski definition) is 2. The van der Waals surface area contributed by atoms with E-state index in [1.165, 1.54) is 5.56 Å². The lowest BCUT2D eigenvalue weighted by Crippen LogP contribution is -2.26. The molecule has 0 atom stereocenters. The van der Waals surface area contributed by atoms with Crippen molar-refractivity contribution in [3.63, 3.8) is 0 Å². The first-order valence-electron chi connectivity index (χ1n) is 6.22. The van der Waals surface area contributed by atoms with Crippen LogP contribution in [0.15, 0.2) is 42.7 Å². The fraction of sp³-hybridized carbons (Fsp3) is 0.286. The Labute approximate surface area is 117 Å². The second-order valence-corrected chi connectivity index (χ2v) is 4.69. The van der Waals surface area contributed by atoms with Crippen LogP contribution in [-0.2, 0) is 17.8 Å². The van der Waals surface area contributed by atoms with Gasteiger partial charge < -0.3 is 5.32 Å². The fourth-order valence-electron chi connectivity index (χ4n) is 1.76. The van der Waals surface area contributed by atoms with E-state index in [4.69, 9.17) is 11.6 Å². The molecule has 0 spiro atoms. The van der Waals surface area contributed by atoms with Gasteiger partial charge in [-0.1, -0.05) is 41.9 Å². The maximum absolute atomic E-state index is 11.6. The second-order valence-electron chi connectivity index (χ2n) is 4.26. The summed E-state index contributed by atoms with van der Waals surface area (Å²) >= 11 is 5.74. The predicted molar refractivity (Wildman–Crippen MR) is 75.0 cm³/mol. The first-order valence-corrected chi connectivity index (χ1v) is 6.60. The maximum atomic E-state index is 11.6. The lowest BCUT2D eigenvalue weighted by Gasteiger charge is -2.05. The molecule has 0 saturated heterocycles. The molecule has 5 heteroatoms. The van der Waals surface area contributed by atoms with Gasteiger partial charge in [0.15, 0.2) is 0 Å². The number of benzene rings is 1. The highest BCUT2D eigenvalue weighted by Gasteiger charge is 2.02. The summed E-state index contributed by atoms with van der Waals surface area (Å²) in [6.45, 7) is 1.20. The van der Waals surface area contributed by atoms with E-state index in [0.29, 0.717) is 24.5 Å². The molecule has 0 radical (unpaired) electrons. The van der Waals surface area contributed by atoms with Crippen LogP contribution in [0.4, 0.5) is 0 Å². The normalized spacial score (nSPS) is 10.4. The van der Waals surface area contributed by atoms with E-state index in [1.54, 1.807) is 17.1 Å². The molecule has 2 rings (SSSR count). The Morgan fingerprint density at radius 3 is 2.79 bits per heavy atom. The van der Waals surface area contributed by atoms with Crippen molar-refractivity contribution in [2.45, 2.75) is 19.4 Å². The van der Waals surface area contributed by atoms with Crippen LogP contribution in [0.1, 0.15) is 12.0 Å². The summed E-state index contributed by atoms with van der Waals surface area (Å²) in [6.07, 6.45) is 4.53. The number of halogens is 1. The predicted octanol–water partition coefficient (Wildman–Crippen LogP) is 2.29. The minimum atomic E-state index is 0.0301. The topological polar surface area (TPSA) is 46.9 Å². The first kappa shape index (κ1) is 13.6. The second kappa shape index (κ2) is 6.95. The van der Waals surface area contributed by atoms with Crippen molar-refractivity contribution in [3.8, 4) is 0 Å². The Hall–Kier alpha value is -1.81. The molecule has 4 nitrogen and oxygen atoms in total. The molecule has 0 aliphatic carbocycles. The van der Waals surface area contributed by atoms with Gasteiger partial charge in [0.1, 0.15) is 0 Å². The number of aryl methyl sites for hydroxylation is 1. The molecule has 0 bridgehead atoms.